The van der Waals surface area contributed by atoms with Gasteiger partial charge >= 0.3 is 0 Å². The second kappa shape index (κ2) is 4.81. The molecule has 0 spiro atoms. The minimum absolute atomic E-state index is 0.178. The number of aryl methyl sites for hydroxylation is 1. The van der Waals surface area contributed by atoms with Crippen LogP contribution in [0.2, 0.25) is 0 Å². The summed E-state index contributed by atoms with van der Waals surface area (Å²) in [7, 11) is 0. The zero-order valence-corrected chi connectivity index (χ0v) is 8.67. The predicted octanol–water partition coefficient (Wildman–Crippen LogP) is -0.721. The van der Waals surface area contributed by atoms with Crippen molar-refractivity contribution in [3.05, 3.63) is 6.33 Å². The van der Waals surface area contributed by atoms with Crippen LogP contribution in [0.3, 0.4) is 0 Å². The molecule has 0 aliphatic rings. The molecule has 0 fully saturated rings. The lowest BCUT2D eigenvalue weighted by Crippen LogP contribution is -2.09. The van der Waals surface area contributed by atoms with Crippen LogP contribution in [-0.2, 0) is 6.54 Å². The van der Waals surface area contributed by atoms with Gasteiger partial charge in [0.2, 0.25) is 0 Å². The Bertz CT molecular complexity index is 468. The van der Waals surface area contributed by atoms with E-state index in [4.69, 9.17) is 10.9 Å². The maximum Gasteiger partial charge on any atom is 0.183 e. The van der Waals surface area contributed by atoms with Gasteiger partial charge in [0.25, 0.3) is 0 Å². The van der Waals surface area contributed by atoms with E-state index in [1.54, 1.807) is 4.68 Å². The van der Waals surface area contributed by atoms with Gasteiger partial charge in [-0.15, -0.1) is 5.10 Å². The van der Waals surface area contributed by atoms with Crippen LogP contribution >= 0.6 is 0 Å². The number of aliphatic hydroxyl groups is 1. The Balaban J connectivity index is 2.27. The molecule has 0 unspecified atom stereocenters. The average molecular weight is 223 g/mol. The van der Waals surface area contributed by atoms with Crippen molar-refractivity contribution in [2.75, 3.05) is 12.0 Å². The fourth-order valence-corrected chi connectivity index (χ4v) is 1.42. The lowest BCUT2D eigenvalue weighted by atomic mass is 10.3. The zero-order valence-electron chi connectivity index (χ0n) is 8.67. The van der Waals surface area contributed by atoms with Gasteiger partial charge < -0.3 is 10.5 Å². The third-order valence-corrected chi connectivity index (χ3v) is 2.21. The summed E-state index contributed by atoms with van der Waals surface area (Å²) in [6.07, 6.45) is 2.96. The molecule has 0 bridgehead atoms. The van der Waals surface area contributed by atoms with Gasteiger partial charge in [0.05, 0.1) is 0 Å². The molecule has 0 atom stereocenters. The van der Waals surface area contributed by atoms with Crippen LogP contribution in [0.4, 0.5) is 5.82 Å². The second-order valence-electron chi connectivity index (χ2n) is 3.28. The number of aromatic nitrogens is 5. The first-order valence-electron chi connectivity index (χ1n) is 4.98. The minimum atomic E-state index is 0.178. The number of nitrogens with one attached hydrogen (secondary N) is 1. The van der Waals surface area contributed by atoms with Gasteiger partial charge in [0.1, 0.15) is 6.33 Å². The molecule has 0 saturated heterocycles. The Labute approximate surface area is 91.5 Å². The van der Waals surface area contributed by atoms with E-state index in [-0.39, 0.29) is 6.61 Å². The zero-order chi connectivity index (χ0) is 11.4. The van der Waals surface area contributed by atoms with Gasteiger partial charge in [-0.2, -0.15) is 0 Å². The van der Waals surface area contributed by atoms with Crippen LogP contribution < -0.4 is 11.3 Å². The van der Waals surface area contributed by atoms with Crippen LogP contribution in [0.15, 0.2) is 6.33 Å². The van der Waals surface area contributed by atoms with Crippen molar-refractivity contribution in [2.45, 2.75) is 19.4 Å². The maximum atomic E-state index is 8.69. The molecule has 0 aromatic carbocycles. The van der Waals surface area contributed by atoms with Gasteiger partial charge in [-0.05, 0) is 12.8 Å². The second-order valence-corrected chi connectivity index (χ2v) is 3.28. The third kappa shape index (κ3) is 1.92. The van der Waals surface area contributed by atoms with E-state index in [0.717, 1.165) is 12.8 Å². The SMILES string of the molecule is NNc1ncnc2c1nnn2CCCCO. The van der Waals surface area contributed by atoms with Gasteiger partial charge in [-0.1, -0.05) is 5.21 Å². The molecule has 2 heterocycles. The van der Waals surface area contributed by atoms with Gasteiger partial charge in [0, 0.05) is 13.2 Å². The highest BCUT2D eigenvalue weighted by Gasteiger charge is 2.09. The average Bonchev–Trinajstić information content (AvgIpc) is 2.73. The Morgan fingerprint density at radius 1 is 1.38 bits per heavy atom. The molecule has 0 aliphatic carbocycles. The topological polar surface area (TPSA) is 115 Å². The number of hydrazine groups is 1. The quantitative estimate of drug-likeness (QED) is 0.348. The van der Waals surface area contributed by atoms with Crippen LogP contribution in [0.5, 0.6) is 0 Å². The van der Waals surface area contributed by atoms with Crippen LogP contribution in [0.1, 0.15) is 12.8 Å². The van der Waals surface area contributed by atoms with Crippen molar-refractivity contribution in [1.82, 2.24) is 25.0 Å². The van der Waals surface area contributed by atoms with Crippen molar-refractivity contribution in [1.29, 1.82) is 0 Å². The number of nitrogens with zero attached hydrogens (tertiary/aromatic N) is 5. The van der Waals surface area contributed by atoms with Crippen molar-refractivity contribution in [3.8, 4) is 0 Å². The standard InChI is InChI=1S/C8H13N7O/c9-12-7-6-8(11-5-10-7)15(14-13-6)3-1-2-4-16/h5,16H,1-4,9H2,(H,10,11,12). The summed E-state index contributed by atoms with van der Waals surface area (Å²) < 4.78 is 1.67. The van der Waals surface area contributed by atoms with Crippen molar-refractivity contribution >= 4 is 17.0 Å². The van der Waals surface area contributed by atoms with E-state index in [9.17, 15) is 0 Å². The van der Waals surface area contributed by atoms with E-state index >= 15 is 0 Å². The van der Waals surface area contributed by atoms with Crippen molar-refractivity contribution in [2.24, 2.45) is 5.84 Å². The fourth-order valence-electron chi connectivity index (χ4n) is 1.42. The fraction of sp³-hybridized carbons (Fsp3) is 0.500. The molecule has 0 saturated carbocycles. The van der Waals surface area contributed by atoms with E-state index < -0.39 is 0 Å². The summed E-state index contributed by atoms with van der Waals surface area (Å²) in [5, 5.41) is 16.6. The monoisotopic (exact) mass is 223 g/mol. The first-order valence-corrected chi connectivity index (χ1v) is 4.98. The summed E-state index contributed by atoms with van der Waals surface area (Å²) in [6, 6.07) is 0. The molecular formula is C8H13N7O. The molecule has 2 aromatic rings. The van der Waals surface area contributed by atoms with Crippen molar-refractivity contribution < 1.29 is 5.11 Å². The molecule has 2 rings (SSSR count). The Morgan fingerprint density at radius 3 is 3.00 bits per heavy atom. The highest BCUT2D eigenvalue weighted by Crippen LogP contribution is 2.14. The summed E-state index contributed by atoms with van der Waals surface area (Å²) in [4.78, 5) is 8.03. The number of hydrogen-bond acceptors (Lipinski definition) is 7. The number of anilines is 1. The first-order chi connectivity index (χ1) is 7.86. The predicted molar refractivity (Wildman–Crippen MR) is 57.2 cm³/mol. The number of nitrogens with two attached hydrogens (primary N) is 1. The highest BCUT2D eigenvalue weighted by molar-refractivity contribution is 5.81. The Kier molecular flexibility index (Phi) is 3.22. The molecule has 0 aliphatic heterocycles. The number of unbranched alkanes of at least 4 members (excludes halogenated alkanes) is 1. The van der Waals surface area contributed by atoms with Crippen molar-refractivity contribution in [3.63, 3.8) is 0 Å². The number of aliphatic hydroxyl groups excluding tert-OH is 1. The van der Waals surface area contributed by atoms with Gasteiger partial charge in [-0.3, -0.25) is 0 Å². The lowest BCUT2D eigenvalue weighted by Gasteiger charge is -2.01. The first kappa shape index (κ1) is 10.7. The van der Waals surface area contributed by atoms with E-state index in [1.165, 1.54) is 6.33 Å². The number of hydrogen-bond donors (Lipinski definition) is 3. The van der Waals surface area contributed by atoms with E-state index in [2.05, 4.69) is 25.7 Å². The van der Waals surface area contributed by atoms with Gasteiger partial charge in [-0.25, -0.2) is 20.5 Å². The Hall–Kier alpha value is -1.80. The molecule has 8 nitrogen and oxygen atoms in total. The van der Waals surface area contributed by atoms with Gasteiger partial charge in [0.15, 0.2) is 17.0 Å². The normalized spacial score (nSPS) is 10.9. The largest absolute Gasteiger partial charge is 0.396 e. The highest BCUT2D eigenvalue weighted by atomic mass is 16.2. The molecule has 16 heavy (non-hydrogen) atoms. The van der Waals surface area contributed by atoms with Crippen LogP contribution in [-0.4, -0.2) is 36.7 Å². The molecule has 4 N–H and O–H groups in total. The minimum Gasteiger partial charge on any atom is -0.396 e. The summed E-state index contributed by atoms with van der Waals surface area (Å²) >= 11 is 0. The summed E-state index contributed by atoms with van der Waals surface area (Å²) in [6.45, 7) is 0.843. The molecule has 2 aromatic heterocycles. The van der Waals surface area contributed by atoms with E-state index in [0.29, 0.717) is 23.5 Å². The summed E-state index contributed by atoms with van der Waals surface area (Å²) in [5.41, 5.74) is 3.63. The lowest BCUT2D eigenvalue weighted by molar-refractivity contribution is 0.280. The molecule has 0 radical (unpaired) electrons. The molecule has 86 valence electrons. The van der Waals surface area contributed by atoms with E-state index in [1.807, 2.05) is 0 Å². The number of nitrogen functional groups attached to an aromatic ring is 1. The van der Waals surface area contributed by atoms with Crippen LogP contribution in [0.25, 0.3) is 11.2 Å². The number of fused-ring (bicyclic) bond motifs is 1. The molecular weight excluding hydrogens is 210 g/mol. The third-order valence-electron chi connectivity index (χ3n) is 2.21. The maximum absolute atomic E-state index is 8.69. The smallest absolute Gasteiger partial charge is 0.183 e. The number of rotatable bonds is 5. The molecule has 8 heteroatoms. The molecule has 0 amide bonds. The Morgan fingerprint density at radius 2 is 2.25 bits per heavy atom. The van der Waals surface area contributed by atoms with Crippen LogP contribution in [0, 0.1) is 0 Å². The summed E-state index contributed by atoms with van der Waals surface area (Å²) in [5.74, 6) is 5.75.